The van der Waals surface area contributed by atoms with Crippen molar-refractivity contribution in [1.82, 2.24) is 14.5 Å². The minimum atomic E-state index is -0.231. The highest BCUT2D eigenvalue weighted by Gasteiger charge is 2.37. The number of hydrogen-bond donors (Lipinski definition) is 0. The van der Waals surface area contributed by atoms with Gasteiger partial charge in [0.2, 0.25) is 5.95 Å². The average Bonchev–Trinajstić information content (AvgIpc) is 2.95. The Hall–Kier alpha value is -3.02. The van der Waals surface area contributed by atoms with Gasteiger partial charge >= 0.3 is 0 Å². The minimum Gasteiger partial charge on any atom is -0.335 e. The first-order valence-electron chi connectivity index (χ1n) is 9.49. The smallest absolute Gasteiger partial charge is 0.255 e. The molecule has 0 unspecified atom stereocenters. The van der Waals surface area contributed by atoms with Gasteiger partial charge in [0.05, 0.1) is 17.8 Å². The summed E-state index contributed by atoms with van der Waals surface area (Å²) in [6, 6.07) is 12.2. The predicted octanol–water partition coefficient (Wildman–Crippen LogP) is 3.68. The summed E-state index contributed by atoms with van der Waals surface area (Å²) in [5.41, 5.74) is 1.95. The highest BCUT2D eigenvalue weighted by atomic mass is 19.1. The highest BCUT2D eigenvalue weighted by molar-refractivity contribution is 5.60. The largest absolute Gasteiger partial charge is 0.335 e. The molecule has 1 aromatic carbocycles. The van der Waals surface area contributed by atoms with Crippen LogP contribution in [0.2, 0.25) is 0 Å². The van der Waals surface area contributed by atoms with E-state index in [9.17, 15) is 9.18 Å². The number of aryl methyl sites for hydroxylation is 1. The van der Waals surface area contributed by atoms with E-state index in [1.807, 2.05) is 24.3 Å². The van der Waals surface area contributed by atoms with Crippen LogP contribution in [-0.2, 0) is 13.0 Å². The first-order chi connectivity index (χ1) is 13.5. The molecular formula is C22H23FN4O. The van der Waals surface area contributed by atoms with Gasteiger partial charge in [-0.3, -0.25) is 14.3 Å². The van der Waals surface area contributed by atoms with E-state index < -0.39 is 0 Å². The van der Waals surface area contributed by atoms with Gasteiger partial charge in [0.25, 0.3) is 5.56 Å². The van der Waals surface area contributed by atoms with Crippen LogP contribution < -0.4 is 10.5 Å². The molecule has 1 aliphatic heterocycles. The zero-order chi connectivity index (χ0) is 19.7. The molecule has 6 heteroatoms. The molecule has 2 aromatic heterocycles. The van der Waals surface area contributed by atoms with E-state index in [1.165, 1.54) is 6.07 Å². The quantitative estimate of drug-likeness (QED) is 0.680. The van der Waals surface area contributed by atoms with Crippen LogP contribution in [0.4, 0.5) is 10.3 Å². The Kier molecular flexibility index (Phi) is 4.71. The third-order valence-electron chi connectivity index (χ3n) is 5.27. The molecule has 0 radical (unpaired) electrons. The Labute approximate surface area is 163 Å². The second-order valence-electron chi connectivity index (χ2n) is 7.76. The van der Waals surface area contributed by atoms with Gasteiger partial charge in [-0.2, -0.15) is 0 Å². The van der Waals surface area contributed by atoms with E-state index in [4.69, 9.17) is 4.98 Å². The second-order valence-corrected chi connectivity index (χ2v) is 7.76. The third kappa shape index (κ3) is 3.42. The average molecular weight is 378 g/mol. The number of fused-ring (bicyclic) bond motifs is 1. The summed E-state index contributed by atoms with van der Waals surface area (Å²) in [7, 11) is 0. The first-order valence-corrected chi connectivity index (χ1v) is 9.49. The van der Waals surface area contributed by atoms with Crippen molar-refractivity contribution in [3.63, 3.8) is 0 Å². The molecule has 0 saturated carbocycles. The molecule has 5 nitrogen and oxygen atoms in total. The standard InChI is InChI=1S/C22H23FN4O/c1-22(2)15-26-20(28)14-19(17-9-11-24-12-10-17)25-21(26)27(22)13-5-7-16-6-3-4-8-18(16)23/h3-4,6,8-12,14H,5,7,13,15H2,1-2H3. The third-order valence-corrected chi connectivity index (χ3v) is 5.27. The van der Waals surface area contributed by atoms with Crippen molar-refractivity contribution < 1.29 is 4.39 Å². The molecule has 0 bridgehead atoms. The number of rotatable bonds is 5. The van der Waals surface area contributed by atoms with Crippen molar-refractivity contribution in [2.45, 2.75) is 38.8 Å². The van der Waals surface area contributed by atoms with Gasteiger partial charge in [-0.1, -0.05) is 18.2 Å². The number of halogens is 1. The van der Waals surface area contributed by atoms with Crippen molar-refractivity contribution in [3.05, 3.63) is 76.6 Å². The summed E-state index contributed by atoms with van der Waals surface area (Å²) in [4.78, 5) is 23.7. The van der Waals surface area contributed by atoms with Gasteiger partial charge in [-0.15, -0.1) is 0 Å². The molecule has 4 rings (SSSR count). The van der Waals surface area contributed by atoms with Gasteiger partial charge in [-0.05, 0) is 50.5 Å². The Morgan fingerprint density at radius 3 is 2.64 bits per heavy atom. The normalized spacial score (nSPS) is 14.9. The molecule has 0 fully saturated rings. The van der Waals surface area contributed by atoms with Crippen molar-refractivity contribution >= 4 is 5.95 Å². The monoisotopic (exact) mass is 378 g/mol. The first kappa shape index (κ1) is 18.3. The van der Waals surface area contributed by atoms with Crippen LogP contribution in [0.1, 0.15) is 25.8 Å². The lowest BCUT2D eigenvalue weighted by Gasteiger charge is -2.31. The Morgan fingerprint density at radius 2 is 1.89 bits per heavy atom. The molecule has 0 N–H and O–H groups in total. The van der Waals surface area contributed by atoms with Gasteiger partial charge in [0, 0.05) is 30.6 Å². The lowest BCUT2D eigenvalue weighted by molar-refractivity contribution is 0.445. The minimum absolute atomic E-state index is 0.0542. The van der Waals surface area contributed by atoms with E-state index in [-0.39, 0.29) is 16.9 Å². The van der Waals surface area contributed by atoms with Crippen LogP contribution in [0.25, 0.3) is 11.3 Å². The number of hydrogen-bond acceptors (Lipinski definition) is 4. The number of benzene rings is 1. The number of aromatic nitrogens is 3. The SMILES string of the molecule is CC1(C)Cn2c(nc(-c3ccncc3)cc2=O)N1CCCc1ccccc1F. The topological polar surface area (TPSA) is 51.0 Å². The fourth-order valence-electron chi connectivity index (χ4n) is 3.79. The van der Waals surface area contributed by atoms with Crippen molar-refractivity contribution in [2.75, 3.05) is 11.4 Å². The van der Waals surface area contributed by atoms with E-state index >= 15 is 0 Å². The van der Waals surface area contributed by atoms with E-state index in [0.717, 1.165) is 17.5 Å². The van der Waals surface area contributed by atoms with Crippen LogP contribution in [0, 0.1) is 5.82 Å². The molecule has 28 heavy (non-hydrogen) atoms. The molecule has 0 aliphatic carbocycles. The summed E-state index contributed by atoms with van der Waals surface area (Å²) in [6.45, 7) is 5.50. The molecule has 0 saturated heterocycles. The van der Waals surface area contributed by atoms with Gasteiger partial charge in [-0.25, -0.2) is 9.37 Å². The van der Waals surface area contributed by atoms with Gasteiger partial charge < -0.3 is 4.90 Å². The molecule has 144 valence electrons. The number of anilines is 1. The number of pyridine rings is 1. The lowest BCUT2D eigenvalue weighted by Crippen LogP contribution is -2.42. The highest BCUT2D eigenvalue weighted by Crippen LogP contribution is 2.32. The molecular weight excluding hydrogens is 355 g/mol. The van der Waals surface area contributed by atoms with E-state index in [1.54, 1.807) is 29.1 Å². The number of nitrogens with zero attached hydrogens (tertiary/aromatic N) is 4. The zero-order valence-corrected chi connectivity index (χ0v) is 16.1. The maximum atomic E-state index is 13.9. The van der Waals surface area contributed by atoms with E-state index in [2.05, 4.69) is 23.7 Å². The fraction of sp³-hybridized carbons (Fsp3) is 0.318. The molecule has 1 aliphatic rings. The van der Waals surface area contributed by atoms with Crippen LogP contribution >= 0.6 is 0 Å². The van der Waals surface area contributed by atoms with Crippen LogP contribution in [0.15, 0.2) is 59.7 Å². The van der Waals surface area contributed by atoms with Crippen LogP contribution in [0.3, 0.4) is 0 Å². The summed E-state index contributed by atoms with van der Waals surface area (Å²) in [5.74, 6) is 0.510. The molecule has 3 heterocycles. The maximum Gasteiger partial charge on any atom is 0.255 e. The maximum absolute atomic E-state index is 13.9. The van der Waals surface area contributed by atoms with Crippen molar-refractivity contribution in [1.29, 1.82) is 0 Å². The second kappa shape index (κ2) is 7.19. The Morgan fingerprint density at radius 1 is 1.14 bits per heavy atom. The molecule has 3 aromatic rings. The Balaban J connectivity index is 1.61. The summed E-state index contributed by atoms with van der Waals surface area (Å²) in [6.07, 6.45) is 4.81. The fourth-order valence-corrected chi connectivity index (χ4v) is 3.79. The zero-order valence-electron chi connectivity index (χ0n) is 16.1. The predicted molar refractivity (Wildman–Crippen MR) is 108 cm³/mol. The van der Waals surface area contributed by atoms with E-state index in [0.29, 0.717) is 31.2 Å². The van der Waals surface area contributed by atoms with Gasteiger partial charge in [0.1, 0.15) is 5.82 Å². The summed E-state index contributed by atoms with van der Waals surface area (Å²) < 4.78 is 15.6. The van der Waals surface area contributed by atoms with Crippen molar-refractivity contribution in [3.8, 4) is 11.3 Å². The lowest BCUT2D eigenvalue weighted by atomic mass is 10.0. The summed E-state index contributed by atoms with van der Waals surface area (Å²) >= 11 is 0. The van der Waals surface area contributed by atoms with Crippen molar-refractivity contribution in [2.24, 2.45) is 0 Å². The molecule has 0 spiro atoms. The van der Waals surface area contributed by atoms with Crippen LogP contribution in [-0.4, -0.2) is 26.6 Å². The van der Waals surface area contributed by atoms with Crippen LogP contribution in [0.5, 0.6) is 0 Å². The molecule has 0 atom stereocenters. The molecule has 0 amide bonds. The van der Waals surface area contributed by atoms with Gasteiger partial charge in [0.15, 0.2) is 0 Å². The Bertz CT molecular complexity index is 1050. The summed E-state index contributed by atoms with van der Waals surface area (Å²) in [5, 5.41) is 0.